The van der Waals surface area contributed by atoms with Crippen molar-refractivity contribution in [2.75, 3.05) is 26.3 Å². The lowest BCUT2D eigenvalue weighted by Crippen LogP contribution is -3.14. The van der Waals surface area contributed by atoms with Crippen LogP contribution in [0.2, 0.25) is 0 Å². The average Bonchev–Trinajstić information content (AvgIpc) is 2.66. The van der Waals surface area contributed by atoms with E-state index in [1.807, 2.05) is 48.9 Å². The number of hydrogen-bond acceptors (Lipinski definition) is 3. The van der Waals surface area contributed by atoms with Gasteiger partial charge < -0.3 is 14.7 Å². The van der Waals surface area contributed by atoms with Gasteiger partial charge in [-0.05, 0) is 30.3 Å². The highest BCUT2D eigenvalue weighted by molar-refractivity contribution is 5.82. The Labute approximate surface area is 140 Å². The predicted molar refractivity (Wildman–Crippen MR) is 89.8 cm³/mol. The van der Waals surface area contributed by atoms with Crippen LogP contribution >= 0.6 is 0 Å². The lowest BCUT2D eigenvalue weighted by molar-refractivity contribution is -0.933. The van der Waals surface area contributed by atoms with Crippen molar-refractivity contribution in [3.05, 3.63) is 66.1 Å². The number of aromatic nitrogens is 2. The summed E-state index contributed by atoms with van der Waals surface area (Å²) in [6.45, 7) is 3.33. The molecule has 24 heavy (non-hydrogen) atoms. The van der Waals surface area contributed by atoms with Crippen LogP contribution in [0, 0.1) is 0 Å². The monoisotopic (exact) mass is 323 g/mol. The maximum Gasteiger partial charge on any atom is 0.253 e. The van der Waals surface area contributed by atoms with Crippen LogP contribution in [0.15, 0.2) is 55.0 Å². The summed E-state index contributed by atoms with van der Waals surface area (Å²) >= 11 is 0. The molecule has 0 amide bonds. The molecule has 0 aliphatic carbocycles. The molecule has 1 saturated heterocycles. The number of aromatic hydroxyl groups is 1. The minimum Gasteiger partial charge on any atom is -0.502 e. The van der Waals surface area contributed by atoms with E-state index in [9.17, 15) is 5.11 Å². The molecule has 3 aromatic rings. The van der Waals surface area contributed by atoms with Crippen molar-refractivity contribution in [3.63, 3.8) is 0 Å². The first-order chi connectivity index (χ1) is 11.8. The first-order valence-electron chi connectivity index (χ1n) is 8.29. The predicted octanol–water partition coefficient (Wildman–Crippen LogP) is 0.759. The number of aromatic amines is 1. The SMILES string of the molecule is Oc1c(C(c2ccncc2)[NH+]2CCOCC2)ccc2ccc[nH+]c12. The fraction of sp³-hybridized carbons (Fsp3) is 0.263. The van der Waals surface area contributed by atoms with Gasteiger partial charge >= 0.3 is 0 Å². The largest absolute Gasteiger partial charge is 0.502 e. The molecule has 2 aromatic heterocycles. The minimum atomic E-state index is 0.0647. The third-order valence-corrected chi connectivity index (χ3v) is 4.73. The van der Waals surface area contributed by atoms with Crippen molar-refractivity contribution in [1.29, 1.82) is 0 Å². The van der Waals surface area contributed by atoms with Crippen LogP contribution in [0.25, 0.3) is 10.9 Å². The van der Waals surface area contributed by atoms with Crippen molar-refractivity contribution in [2.45, 2.75) is 6.04 Å². The molecule has 1 unspecified atom stereocenters. The molecular weight excluding hydrogens is 302 g/mol. The highest BCUT2D eigenvalue weighted by atomic mass is 16.5. The zero-order valence-electron chi connectivity index (χ0n) is 13.4. The number of phenolic OH excluding ortho intramolecular Hbond substituents is 1. The molecule has 4 rings (SSSR count). The second-order valence-electron chi connectivity index (χ2n) is 6.12. The standard InChI is InChI=1S/C19H19N3O2/c23-19-16(4-3-14-2-1-7-21-17(14)19)18(15-5-8-20-9-6-15)22-10-12-24-13-11-22/h1-9,18,23H,10-13H2/p+2. The summed E-state index contributed by atoms with van der Waals surface area (Å²) in [4.78, 5) is 8.71. The topological polar surface area (TPSA) is 60.9 Å². The van der Waals surface area contributed by atoms with Crippen molar-refractivity contribution in [2.24, 2.45) is 0 Å². The molecule has 1 fully saturated rings. The average molecular weight is 323 g/mol. The summed E-state index contributed by atoms with van der Waals surface area (Å²) in [5.74, 6) is 0.328. The summed E-state index contributed by atoms with van der Waals surface area (Å²) in [6.07, 6.45) is 5.47. The highest BCUT2D eigenvalue weighted by Crippen LogP contribution is 2.31. The lowest BCUT2D eigenvalue weighted by Gasteiger charge is -2.32. The van der Waals surface area contributed by atoms with Gasteiger partial charge in [0.2, 0.25) is 0 Å². The normalized spacial score (nSPS) is 17.0. The molecule has 5 heteroatoms. The number of nitrogens with one attached hydrogen (secondary N) is 2. The van der Waals surface area contributed by atoms with E-state index < -0.39 is 0 Å². The summed E-state index contributed by atoms with van der Waals surface area (Å²) < 4.78 is 5.52. The number of nitrogens with zero attached hydrogens (tertiary/aromatic N) is 1. The number of hydrogen-bond donors (Lipinski definition) is 2. The maximum atomic E-state index is 10.9. The number of ether oxygens (including phenoxy) is 1. The van der Waals surface area contributed by atoms with Gasteiger partial charge in [0.1, 0.15) is 19.1 Å². The van der Waals surface area contributed by atoms with Gasteiger partial charge in [-0.2, -0.15) is 0 Å². The Morgan fingerprint density at radius 3 is 2.67 bits per heavy atom. The number of morpholine rings is 1. The van der Waals surface area contributed by atoms with Crippen LogP contribution in [0.5, 0.6) is 5.75 Å². The van der Waals surface area contributed by atoms with Crippen LogP contribution in [0.1, 0.15) is 17.2 Å². The smallest absolute Gasteiger partial charge is 0.253 e. The molecule has 0 radical (unpaired) electrons. The summed E-state index contributed by atoms with van der Waals surface area (Å²) in [5.41, 5.74) is 2.88. The second kappa shape index (κ2) is 6.55. The Hall–Kier alpha value is -2.50. The third kappa shape index (κ3) is 2.72. The van der Waals surface area contributed by atoms with Gasteiger partial charge in [0.05, 0.1) is 24.2 Å². The maximum absolute atomic E-state index is 10.9. The van der Waals surface area contributed by atoms with E-state index in [0.717, 1.165) is 48.3 Å². The molecule has 5 nitrogen and oxygen atoms in total. The van der Waals surface area contributed by atoms with E-state index in [1.54, 1.807) is 0 Å². The fourth-order valence-corrected chi connectivity index (χ4v) is 3.54. The molecule has 3 N–H and O–H groups in total. The Kier molecular flexibility index (Phi) is 4.11. The Morgan fingerprint density at radius 1 is 1.08 bits per heavy atom. The van der Waals surface area contributed by atoms with Gasteiger partial charge in [-0.1, -0.05) is 0 Å². The molecule has 0 spiro atoms. The van der Waals surface area contributed by atoms with Gasteiger partial charge in [-0.15, -0.1) is 0 Å². The van der Waals surface area contributed by atoms with Crippen molar-refractivity contribution >= 4 is 10.9 Å². The van der Waals surface area contributed by atoms with E-state index in [-0.39, 0.29) is 6.04 Å². The highest BCUT2D eigenvalue weighted by Gasteiger charge is 2.31. The van der Waals surface area contributed by atoms with Crippen molar-refractivity contribution < 1.29 is 19.7 Å². The zero-order chi connectivity index (χ0) is 16.4. The van der Waals surface area contributed by atoms with Gasteiger partial charge in [0, 0.05) is 24.0 Å². The van der Waals surface area contributed by atoms with Crippen LogP contribution in [0.4, 0.5) is 0 Å². The molecule has 0 saturated carbocycles. The first-order valence-corrected chi connectivity index (χ1v) is 8.29. The number of quaternary nitrogens is 1. The van der Waals surface area contributed by atoms with Crippen LogP contribution < -0.4 is 9.88 Å². The number of pyridine rings is 2. The lowest BCUT2D eigenvalue weighted by atomic mass is 9.95. The summed E-state index contributed by atoms with van der Waals surface area (Å²) in [5, 5.41) is 11.9. The number of benzene rings is 1. The fourth-order valence-electron chi connectivity index (χ4n) is 3.54. The summed E-state index contributed by atoms with van der Waals surface area (Å²) in [6, 6.07) is 12.2. The van der Waals surface area contributed by atoms with E-state index in [2.05, 4.69) is 16.0 Å². The van der Waals surface area contributed by atoms with E-state index in [0.29, 0.717) is 5.75 Å². The number of H-pyrrole nitrogens is 1. The number of rotatable bonds is 3. The van der Waals surface area contributed by atoms with Gasteiger partial charge in [-0.25, -0.2) is 4.98 Å². The molecule has 1 aliphatic rings. The van der Waals surface area contributed by atoms with Crippen molar-refractivity contribution in [3.8, 4) is 5.75 Å². The van der Waals surface area contributed by atoms with Gasteiger partial charge in [0.15, 0.2) is 11.9 Å². The number of fused-ring (bicyclic) bond motifs is 1. The molecule has 1 aromatic carbocycles. The van der Waals surface area contributed by atoms with Crippen LogP contribution in [-0.4, -0.2) is 36.4 Å². The Balaban J connectivity index is 1.85. The number of phenols is 1. The Morgan fingerprint density at radius 2 is 1.88 bits per heavy atom. The van der Waals surface area contributed by atoms with E-state index in [4.69, 9.17) is 4.74 Å². The van der Waals surface area contributed by atoms with E-state index in [1.165, 1.54) is 4.90 Å². The Bertz CT molecular complexity index is 832. The zero-order valence-corrected chi connectivity index (χ0v) is 13.4. The van der Waals surface area contributed by atoms with Gasteiger partial charge in [-0.3, -0.25) is 4.98 Å². The summed E-state index contributed by atoms with van der Waals surface area (Å²) in [7, 11) is 0. The second-order valence-corrected chi connectivity index (χ2v) is 6.12. The minimum absolute atomic E-state index is 0.0647. The van der Waals surface area contributed by atoms with E-state index >= 15 is 0 Å². The first kappa shape index (κ1) is 15.1. The van der Waals surface area contributed by atoms with Crippen LogP contribution in [-0.2, 0) is 4.74 Å². The van der Waals surface area contributed by atoms with Crippen molar-refractivity contribution in [1.82, 2.24) is 4.98 Å². The molecular formula is C19H21N3O2+2. The third-order valence-electron chi connectivity index (χ3n) is 4.73. The molecule has 122 valence electrons. The van der Waals surface area contributed by atoms with Gasteiger partial charge in [0.25, 0.3) is 5.52 Å². The quantitative estimate of drug-likeness (QED) is 0.748. The molecule has 3 heterocycles. The molecule has 1 aliphatic heterocycles. The molecule has 0 bridgehead atoms. The van der Waals surface area contributed by atoms with Crippen LogP contribution in [0.3, 0.4) is 0 Å². The molecule has 1 atom stereocenters.